The van der Waals surface area contributed by atoms with Gasteiger partial charge in [0.05, 0.1) is 19.8 Å². The van der Waals surface area contributed by atoms with Gasteiger partial charge in [-0.15, -0.1) is 0 Å². The van der Waals surface area contributed by atoms with Crippen LogP contribution in [0.2, 0.25) is 0 Å². The highest BCUT2D eigenvalue weighted by atomic mass is 16.5. The van der Waals surface area contributed by atoms with Crippen LogP contribution in [0.1, 0.15) is 11.1 Å². The Labute approximate surface area is 153 Å². The van der Waals surface area contributed by atoms with Crippen LogP contribution in [0.15, 0.2) is 48.8 Å². The van der Waals surface area contributed by atoms with Gasteiger partial charge >= 0.3 is 0 Å². The van der Waals surface area contributed by atoms with Crippen molar-refractivity contribution in [3.8, 4) is 5.75 Å². The van der Waals surface area contributed by atoms with Crippen LogP contribution in [-0.2, 0) is 17.8 Å². The van der Waals surface area contributed by atoms with Crippen LogP contribution in [0.4, 0.5) is 0 Å². The van der Waals surface area contributed by atoms with Gasteiger partial charge in [0.1, 0.15) is 5.75 Å². The molecule has 1 aliphatic heterocycles. The van der Waals surface area contributed by atoms with Crippen molar-refractivity contribution in [3.05, 3.63) is 59.9 Å². The second-order valence-corrected chi connectivity index (χ2v) is 6.67. The van der Waals surface area contributed by atoms with Gasteiger partial charge < -0.3 is 15.2 Å². The lowest BCUT2D eigenvalue weighted by Gasteiger charge is -2.16. The number of rotatable bonds is 7. The first-order valence-corrected chi connectivity index (χ1v) is 8.83. The predicted octanol–water partition coefficient (Wildman–Crippen LogP) is 1.24. The summed E-state index contributed by atoms with van der Waals surface area (Å²) in [6.07, 6.45) is 3.91. The Bertz CT molecular complexity index is 723. The molecule has 2 heterocycles. The SMILES string of the molecule is COc1ccccc1CNC(=O)CN1C[C@@H](Cc2ccncc2)[C@@H](O)C1. The Balaban J connectivity index is 1.47. The van der Waals surface area contributed by atoms with Gasteiger partial charge in [0.25, 0.3) is 0 Å². The molecule has 0 radical (unpaired) electrons. The number of carbonyl (C=O) groups excluding carboxylic acids is 1. The molecule has 2 aromatic rings. The van der Waals surface area contributed by atoms with Crippen LogP contribution < -0.4 is 10.1 Å². The summed E-state index contributed by atoms with van der Waals surface area (Å²) >= 11 is 0. The smallest absolute Gasteiger partial charge is 0.234 e. The number of aromatic nitrogens is 1. The molecule has 0 spiro atoms. The fourth-order valence-corrected chi connectivity index (χ4v) is 3.39. The highest BCUT2D eigenvalue weighted by Crippen LogP contribution is 2.21. The second kappa shape index (κ2) is 8.78. The van der Waals surface area contributed by atoms with Crippen LogP contribution in [0.5, 0.6) is 5.75 Å². The maximum Gasteiger partial charge on any atom is 0.234 e. The van der Waals surface area contributed by atoms with Gasteiger partial charge in [-0.25, -0.2) is 0 Å². The largest absolute Gasteiger partial charge is 0.496 e. The Morgan fingerprint density at radius 1 is 1.27 bits per heavy atom. The molecule has 3 rings (SSSR count). The number of aliphatic hydroxyl groups is 1. The molecule has 2 N–H and O–H groups in total. The molecule has 6 nitrogen and oxygen atoms in total. The average molecular weight is 355 g/mol. The number of ether oxygens (including phenoxy) is 1. The zero-order chi connectivity index (χ0) is 18.4. The van der Waals surface area contributed by atoms with Crippen molar-refractivity contribution in [2.45, 2.75) is 19.1 Å². The number of nitrogens with zero attached hydrogens (tertiary/aromatic N) is 2. The van der Waals surface area contributed by atoms with Crippen LogP contribution >= 0.6 is 0 Å². The number of hydrogen-bond donors (Lipinski definition) is 2. The Kier molecular flexibility index (Phi) is 6.20. The molecule has 2 atom stereocenters. The summed E-state index contributed by atoms with van der Waals surface area (Å²) in [6, 6.07) is 11.6. The van der Waals surface area contributed by atoms with E-state index in [1.165, 1.54) is 0 Å². The second-order valence-electron chi connectivity index (χ2n) is 6.67. The number of pyridine rings is 1. The molecule has 0 aliphatic carbocycles. The maximum absolute atomic E-state index is 12.3. The fraction of sp³-hybridized carbons (Fsp3) is 0.400. The Morgan fingerprint density at radius 2 is 2.04 bits per heavy atom. The first kappa shape index (κ1) is 18.4. The lowest BCUT2D eigenvalue weighted by Crippen LogP contribution is -2.36. The molecule has 6 heteroatoms. The van der Waals surface area contributed by atoms with Gasteiger partial charge in [-0.1, -0.05) is 18.2 Å². The van der Waals surface area contributed by atoms with E-state index in [4.69, 9.17) is 4.74 Å². The van der Waals surface area contributed by atoms with Crippen molar-refractivity contribution in [1.29, 1.82) is 0 Å². The van der Waals surface area contributed by atoms with Gasteiger partial charge in [-0.2, -0.15) is 0 Å². The van der Waals surface area contributed by atoms with Crippen molar-refractivity contribution in [2.24, 2.45) is 5.92 Å². The molecule has 1 saturated heterocycles. The van der Waals surface area contributed by atoms with Crippen LogP contribution in [-0.4, -0.2) is 53.7 Å². The fourth-order valence-electron chi connectivity index (χ4n) is 3.39. The third kappa shape index (κ3) is 4.80. The molecule has 1 aromatic carbocycles. The lowest BCUT2D eigenvalue weighted by molar-refractivity contribution is -0.122. The summed E-state index contributed by atoms with van der Waals surface area (Å²) < 4.78 is 5.30. The van der Waals surface area contributed by atoms with Gasteiger partial charge in [0.15, 0.2) is 0 Å². The number of likely N-dealkylation sites (tertiary alicyclic amines) is 1. The number of aliphatic hydroxyl groups excluding tert-OH is 1. The zero-order valence-electron chi connectivity index (χ0n) is 15.0. The highest BCUT2D eigenvalue weighted by molar-refractivity contribution is 5.78. The summed E-state index contributed by atoms with van der Waals surface area (Å²) in [4.78, 5) is 18.3. The predicted molar refractivity (Wildman–Crippen MR) is 98.7 cm³/mol. The molecule has 0 bridgehead atoms. The van der Waals surface area contributed by atoms with Crippen molar-refractivity contribution in [3.63, 3.8) is 0 Å². The Morgan fingerprint density at radius 3 is 2.81 bits per heavy atom. The van der Waals surface area contributed by atoms with Crippen molar-refractivity contribution < 1.29 is 14.6 Å². The summed E-state index contributed by atoms with van der Waals surface area (Å²) in [5.41, 5.74) is 2.10. The minimum atomic E-state index is -0.412. The number of benzene rings is 1. The van der Waals surface area contributed by atoms with Crippen molar-refractivity contribution in [2.75, 3.05) is 26.7 Å². The Hall–Kier alpha value is -2.44. The number of carbonyl (C=O) groups is 1. The number of hydrogen-bond acceptors (Lipinski definition) is 5. The van der Waals surface area contributed by atoms with E-state index in [0.29, 0.717) is 26.2 Å². The van der Waals surface area contributed by atoms with Gasteiger partial charge in [-0.05, 0) is 30.2 Å². The molecule has 138 valence electrons. The van der Waals surface area contributed by atoms with E-state index in [1.807, 2.05) is 41.3 Å². The maximum atomic E-state index is 12.3. The standard InChI is InChI=1S/C20H25N3O3/c1-26-19-5-3-2-4-16(19)11-22-20(25)14-23-12-17(18(24)13-23)10-15-6-8-21-9-7-15/h2-9,17-18,24H,10-14H2,1H3,(H,22,25)/t17-,18+/m1/s1. The topological polar surface area (TPSA) is 74.7 Å². The summed E-state index contributed by atoms with van der Waals surface area (Å²) in [5.74, 6) is 0.855. The van der Waals surface area contributed by atoms with E-state index in [-0.39, 0.29) is 11.8 Å². The van der Waals surface area contributed by atoms with Crippen molar-refractivity contribution >= 4 is 5.91 Å². The van der Waals surface area contributed by atoms with E-state index in [0.717, 1.165) is 23.3 Å². The third-order valence-corrected chi connectivity index (χ3v) is 4.77. The van der Waals surface area contributed by atoms with E-state index in [2.05, 4.69) is 10.3 Å². The number of para-hydroxylation sites is 1. The van der Waals surface area contributed by atoms with Gasteiger partial charge in [-0.3, -0.25) is 14.7 Å². The first-order valence-electron chi connectivity index (χ1n) is 8.83. The van der Waals surface area contributed by atoms with E-state index in [1.54, 1.807) is 19.5 Å². The van der Waals surface area contributed by atoms with Crippen LogP contribution in [0.3, 0.4) is 0 Å². The molecule has 1 fully saturated rings. The molecule has 26 heavy (non-hydrogen) atoms. The molecular formula is C20H25N3O3. The minimum absolute atomic E-state index is 0.0485. The third-order valence-electron chi connectivity index (χ3n) is 4.77. The number of nitrogens with one attached hydrogen (secondary N) is 1. The summed E-state index contributed by atoms with van der Waals surface area (Å²) in [6.45, 7) is 1.96. The quantitative estimate of drug-likeness (QED) is 0.782. The molecule has 1 aliphatic rings. The number of β-amino-alcohol motifs (C(OH)–C–C–N with tert-alkyl or cyclic N) is 1. The van der Waals surface area contributed by atoms with E-state index < -0.39 is 6.10 Å². The summed E-state index contributed by atoms with van der Waals surface area (Å²) in [7, 11) is 1.62. The average Bonchev–Trinajstić information content (AvgIpc) is 3.00. The van der Waals surface area contributed by atoms with Crippen molar-refractivity contribution in [1.82, 2.24) is 15.2 Å². The molecule has 1 aromatic heterocycles. The van der Waals surface area contributed by atoms with Crippen LogP contribution in [0.25, 0.3) is 0 Å². The summed E-state index contributed by atoms with van der Waals surface area (Å²) in [5, 5.41) is 13.2. The van der Waals surface area contributed by atoms with E-state index >= 15 is 0 Å². The van der Waals surface area contributed by atoms with Gasteiger partial charge in [0, 0.05) is 43.5 Å². The normalized spacial score (nSPS) is 20.1. The number of methoxy groups -OCH3 is 1. The zero-order valence-corrected chi connectivity index (χ0v) is 15.0. The number of amides is 1. The van der Waals surface area contributed by atoms with Gasteiger partial charge in [0.2, 0.25) is 5.91 Å². The molecule has 0 unspecified atom stereocenters. The minimum Gasteiger partial charge on any atom is -0.496 e. The first-order chi connectivity index (χ1) is 12.7. The van der Waals surface area contributed by atoms with Crippen LogP contribution in [0, 0.1) is 5.92 Å². The lowest BCUT2D eigenvalue weighted by atomic mass is 9.97. The molecule has 0 saturated carbocycles. The highest BCUT2D eigenvalue weighted by Gasteiger charge is 2.32. The molecular weight excluding hydrogens is 330 g/mol. The monoisotopic (exact) mass is 355 g/mol. The van der Waals surface area contributed by atoms with E-state index in [9.17, 15) is 9.90 Å². The molecule has 1 amide bonds.